The Morgan fingerprint density at radius 2 is 1.73 bits per heavy atom. The molecule has 60 valence electrons. The number of hydrogen-bond acceptors (Lipinski definition) is 0. The van der Waals surface area contributed by atoms with E-state index >= 15 is 0 Å². The van der Waals surface area contributed by atoms with Gasteiger partial charge in [0.1, 0.15) is 11.6 Å². The third-order valence-corrected chi connectivity index (χ3v) is 1.99. The molecule has 0 aliphatic rings. The van der Waals surface area contributed by atoms with Crippen molar-refractivity contribution in [1.82, 2.24) is 0 Å². The Kier molecular flexibility index (Phi) is 2.14. The quantitative estimate of drug-likeness (QED) is 0.533. The maximum atomic E-state index is 12.9. The first-order valence-corrected chi connectivity index (χ1v) is 3.52. The highest BCUT2D eigenvalue weighted by atomic mass is 35.5. The maximum Gasteiger partial charge on any atom is 0.145 e. The molecule has 0 unspecified atom stereocenters. The van der Waals surface area contributed by atoms with Crippen LogP contribution < -0.4 is 0 Å². The average molecular weight is 177 g/mol. The highest BCUT2D eigenvalue weighted by Gasteiger charge is 2.09. The van der Waals surface area contributed by atoms with Gasteiger partial charge in [0.2, 0.25) is 0 Å². The standard InChI is InChI=1S/C8H7ClF2/c1-4-5(2)8(11)6(9)3-7(4)10/h3H,1-2H3. The van der Waals surface area contributed by atoms with Crippen molar-refractivity contribution in [3.63, 3.8) is 0 Å². The monoisotopic (exact) mass is 176 g/mol. The van der Waals surface area contributed by atoms with E-state index in [4.69, 9.17) is 11.6 Å². The lowest BCUT2D eigenvalue weighted by Gasteiger charge is -2.03. The SMILES string of the molecule is Cc1c(F)cc(Cl)c(F)c1C. The Hall–Kier alpha value is -0.630. The predicted molar refractivity (Wildman–Crippen MR) is 40.8 cm³/mol. The summed E-state index contributed by atoms with van der Waals surface area (Å²) < 4.78 is 25.6. The lowest BCUT2D eigenvalue weighted by Crippen LogP contribution is -1.92. The van der Waals surface area contributed by atoms with Crippen LogP contribution in [0.4, 0.5) is 8.78 Å². The number of rotatable bonds is 0. The van der Waals surface area contributed by atoms with E-state index in [1.807, 2.05) is 0 Å². The van der Waals surface area contributed by atoms with E-state index in [1.165, 1.54) is 13.8 Å². The minimum atomic E-state index is -0.537. The molecule has 0 fully saturated rings. The summed E-state index contributed by atoms with van der Waals surface area (Å²) in [5, 5.41) is -0.161. The largest absolute Gasteiger partial charge is 0.207 e. The molecule has 3 heteroatoms. The molecule has 1 rings (SSSR count). The van der Waals surface area contributed by atoms with Crippen molar-refractivity contribution in [3.05, 3.63) is 33.9 Å². The molecule has 0 amide bonds. The first-order valence-electron chi connectivity index (χ1n) is 3.14. The summed E-state index contributed by atoms with van der Waals surface area (Å²) in [5.74, 6) is -1.00. The lowest BCUT2D eigenvalue weighted by molar-refractivity contribution is 0.585. The number of halogens is 3. The summed E-state index contributed by atoms with van der Waals surface area (Å²) in [4.78, 5) is 0. The molecule has 0 saturated carbocycles. The molecule has 0 spiro atoms. The van der Waals surface area contributed by atoms with E-state index in [1.54, 1.807) is 0 Å². The molecule has 0 aliphatic carbocycles. The van der Waals surface area contributed by atoms with Crippen LogP contribution in [0.25, 0.3) is 0 Å². The molecule has 0 radical (unpaired) electrons. The van der Waals surface area contributed by atoms with E-state index in [0.717, 1.165) is 6.07 Å². The van der Waals surface area contributed by atoms with Gasteiger partial charge in [0.05, 0.1) is 5.02 Å². The first kappa shape index (κ1) is 8.47. The first-order chi connectivity index (χ1) is 5.04. The molecule has 0 saturated heterocycles. The van der Waals surface area contributed by atoms with Gasteiger partial charge in [-0.05, 0) is 31.0 Å². The van der Waals surface area contributed by atoms with Crippen molar-refractivity contribution in [2.45, 2.75) is 13.8 Å². The van der Waals surface area contributed by atoms with Crippen molar-refractivity contribution in [3.8, 4) is 0 Å². The third-order valence-electron chi connectivity index (χ3n) is 1.71. The summed E-state index contributed by atoms with van der Waals surface area (Å²) in [5.41, 5.74) is 0.585. The zero-order valence-electron chi connectivity index (χ0n) is 6.21. The normalized spacial score (nSPS) is 10.3. The molecule has 0 N–H and O–H groups in total. The summed E-state index contributed by atoms with van der Waals surface area (Å²) in [7, 11) is 0. The highest BCUT2D eigenvalue weighted by molar-refractivity contribution is 6.30. The van der Waals surface area contributed by atoms with Crippen molar-refractivity contribution in [2.24, 2.45) is 0 Å². The minimum Gasteiger partial charge on any atom is -0.207 e. The molecule has 1 aromatic rings. The third kappa shape index (κ3) is 1.36. The van der Waals surface area contributed by atoms with E-state index in [9.17, 15) is 8.78 Å². The van der Waals surface area contributed by atoms with Crippen LogP contribution in [0, 0.1) is 25.5 Å². The summed E-state index contributed by atoms with van der Waals surface area (Å²) in [6.45, 7) is 3.02. The van der Waals surface area contributed by atoms with E-state index in [-0.39, 0.29) is 10.6 Å². The Morgan fingerprint density at radius 3 is 2.27 bits per heavy atom. The predicted octanol–water partition coefficient (Wildman–Crippen LogP) is 3.24. The van der Waals surface area contributed by atoms with Gasteiger partial charge in [-0.3, -0.25) is 0 Å². The van der Waals surface area contributed by atoms with Gasteiger partial charge in [-0.2, -0.15) is 0 Å². The molecule has 0 aromatic heterocycles. The topological polar surface area (TPSA) is 0 Å². The zero-order valence-corrected chi connectivity index (χ0v) is 6.97. The van der Waals surface area contributed by atoms with Crippen molar-refractivity contribution in [1.29, 1.82) is 0 Å². The van der Waals surface area contributed by atoms with Crippen LogP contribution in [0.3, 0.4) is 0 Å². The molecule has 11 heavy (non-hydrogen) atoms. The molecule has 0 aliphatic heterocycles. The van der Waals surface area contributed by atoms with Crippen molar-refractivity contribution >= 4 is 11.6 Å². The molecular formula is C8H7ClF2. The Labute approximate surface area is 68.8 Å². The fraction of sp³-hybridized carbons (Fsp3) is 0.250. The van der Waals surface area contributed by atoms with E-state index in [2.05, 4.69) is 0 Å². The fourth-order valence-electron chi connectivity index (χ4n) is 0.806. The molecule has 0 bridgehead atoms. The summed E-state index contributed by atoms with van der Waals surface area (Å²) in [6.07, 6.45) is 0. The fourth-order valence-corrected chi connectivity index (χ4v) is 1.04. The Bertz CT molecular complexity index is 268. The lowest BCUT2D eigenvalue weighted by atomic mass is 10.1. The Balaban J connectivity index is 3.46. The second-order valence-electron chi connectivity index (χ2n) is 2.40. The highest BCUT2D eigenvalue weighted by Crippen LogP contribution is 2.23. The molecule has 0 nitrogen and oxygen atoms in total. The van der Waals surface area contributed by atoms with E-state index < -0.39 is 11.6 Å². The van der Waals surface area contributed by atoms with Gasteiger partial charge < -0.3 is 0 Å². The van der Waals surface area contributed by atoms with Crippen molar-refractivity contribution in [2.75, 3.05) is 0 Å². The minimum absolute atomic E-state index is 0.161. The molecular weight excluding hydrogens is 170 g/mol. The van der Waals surface area contributed by atoms with Crippen LogP contribution in [0.15, 0.2) is 6.07 Å². The summed E-state index contributed by atoms with van der Waals surface area (Å²) in [6, 6.07) is 0.985. The van der Waals surface area contributed by atoms with Gasteiger partial charge in [-0.1, -0.05) is 11.6 Å². The molecule has 0 heterocycles. The van der Waals surface area contributed by atoms with Gasteiger partial charge in [0.25, 0.3) is 0 Å². The average Bonchev–Trinajstić information content (AvgIpc) is 1.97. The number of hydrogen-bond donors (Lipinski definition) is 0. The van der Waals surface area contributed by atoms with Crippen LogP contribution in [0.2, 0.25) is 5.02 Å². The second-order valence-corrected chi connectivity index (χ2v) is 2.81. The van der Waals surface area contributed by atoms with Crippen LogP contribution in [0.1, 0.15) is 11.1 Å². The van der Waals surface area contributed by atoms with Gasteiger partial charge in [-0.15, -0.1) is 0 Å². The Morgan fingerprint density at radius 1 is 1.18 bits per heavy atom. The van der Waals surface area contributed by atoms with Crippen molar-refractivity contribution < 1.29 is 8.78 Å². The van der Waals surface area contributed by atoms with Crippen LogP contribution in [-0.2, 0) is 0 Å². The van der Waals surface area contributed by atoms with E-state index in [0.29, 0.717) is 5.56 Å². The maximum absolute atomic E-state index is 12.9. The second kappa shape index (κ2) is 2.78. The van der Waals surface area contributed by atoms with Gasteiger partial charge in [0.15, 0.2) is 0 Å². The van der Waals surface area contributed by atoms with Crippen LogP contribution in [0.5, 0.6) is 0 Å². The van der Waals surface area contributed by atoms with Gasteiger partial charge in [-0.25, -0.2) is 8.78 Å². The molecule has 1 aromatic carbocycles. The smallest absolute Gasteiger partial charge is 0.145 e. The van der Waals surface area contributed by atoms with Crippen LogP contribution in [-0.4, -0.2) is 0 Å². The molecule has 0 atom stereocenters. The zero-order chi connectivity index (χ0) is 8.59. The van der Waals surface area contributed by atoms with Crippen LogP contribution >= 0.6 is 11.6 Å². The summed E-state index contributed by atoms with van der Waals surface area (Å²) >= 11 is 5.38. The van der Waals surface area contributed by atoms with Gasteiger partial charge >= 0.3 is 0 Å². The number of benzene rings is 1. The van der Waals surface area contributed by atoms with Gasteiger partial charge in [0, 0.05) is 0 Å².